The number of hydrogen-bond donors (Lipinski definition) is 0. The average Bonchev–Trinajstić information content (AvgIpc) is 2.47. The second-order valence-electron chi connectivity index (χ2n) is 4.19. The van der Waals surface area contributed by atoms with Crippen molar-refractivity contribution in [2.24, 2.45) is 0 Å². The van der Waals surface area contributed by atoms with E-state index in [4.69, 9.17) is 14.2 Å². The highest BCUT2D eigenvalue weighted by atomic mass is 16.6. The zero-order chi connectivity index (χ0) is 13.9. The van der Waals surface area contributed by atoms with Crippen molar-refractivity contribution in [2.75, 3.05) is 20.3 Å². The van der Waals surface area contributed by atoms with Gasteiger partial charge >= 0.3 is 5.97 Å². The summed E-state index contributed by atoms with van der Waals surface area (Å²) in [6.07, 6.45) is 2.18. The van der Waals surface area contributed by atoms with Crippen LogP contribution in [0.1, 0.15) is 26.2 Å². The molecule has 0 saturated heterocycles. The van der Waals surface area contributed by atoms with Crippen molar-refractivity contribution in [3.8, 4) is 5.75 Å². The van der Waals surface area contributed by atoms with E-state index in [9.17, 15) is 4.79 Å². The molecule has 1 aromatic carbocycles. The Labute approximate surface area is 114 Å². The number of ether oxygens (including phenoxy) is 3. The minimum Gasteiger partial charge on any atom is -0.491 e. The van der Waals surface area contributed by atoms with Crippen molar-refractivity contribution in [1.82, 2.24) is 0 Å². The summed E-state index contributed by atoms with van der Waals surface area (Å²) >= 11 is 0. The van der Waals surface area contributed by atoms with E-state index in [0.29, 0.717) is 19.6 Å². The number of unbranched alkanes of at least 4 members (excludes halogenated alkanes) is 1. The number of benzene rings is 1. The highest BCUT2D eigenvalue weighted by Crippen LogP contribution is 2.09. The zero-order valence-corrected chi connectivity index (χ0v) is 11.6. The standard InChI is InChI=1S/C15H22O4/c1-3-4-10-14(15(16)17-2)19-12-11-18-13-8-6-5-7-9-13/h5-9,14H,3-4,10-12H2,1-2H3. The third kappa shape index (κ3) is 6.25. The van der Waals surface area contributed by atoms with E-state index in [1.807, 2.05) is 30.3 Å². The first-order valence-corrected chi connectivity index (χ1v) is 6.65. The van der Waals surface area contributed by atoms with Gasteiger partial charge < -0.3 is 14.2 Å². The molecule has 1 rings (SSSR count). The van der Waals surface area contributed by atoms with Gasteiger partial charge in [-0.05, 0) is 18.6 Å². The number of rotatable bonds is 9. The number of methoxy groups -OCH3 is 1. The molecule has 4 heteroatoms. The maximum Gasteiger partial charge on any atom is 0.334 e. The van der Waals surface area contributed by atoms with E-state index < -0.39 is 6.10 Å². The first-order valence-electron chi connectivity index (χ1n) is 6.65. The maximum absolute atomic E-state index is 11.5. The summed E-state index contributed by atoms with van der Waals surface area (Å²) in [5, 5.41) is 0. The minimum absolute atomic E-state index is 0.312. The molecule has 0 heterocycles. The predicted octanol–water partition coefficient (Wildman–Crippen LogP) is 2.81. The van der Waals surface area contributed by atoms with Crippen LogP contribution in [0.5, 0.6) is 5.75 Å². The van der Waals surface area contributed by atoms with Gasteiger partial charge in [-0.2, -0.15) is 0 Å². The third-order valence-corrected chi connectivity index (χ3v) is 2.70. The molecule has 0 amide bonds. The van der Waals surface area contributed by atoms with Crippen molar-refractivity contribution in [2.45, 2.75) is 32.3 Å². The van der Waals surface area contributed by atoms with Gasteiger partial charge in [0.15, 0.2) is 6.10 Å². The van der Waals surface area contributed by atoms with Crippen LogP contribution >= 0.6 is 0 Å². The Morgan fingerprint density at radius 1 is 1.21 bits per heavy atom. The minimum atomic E-state index is -0.482. The van der Waals surface area contributed by atoms with Crippen LogP contribution in [0, 0.1) is 0 Å². The van der Waals surface area contributed by atoms with Gasteiger partial charge in [0.1, 0.15) is 12.4 Å². The Hall–Kier alpha value is -1.55. The van der Waals surface area contributed by atoms with Crippen molar-refractivity contribution in [1.29, 1.82) is 0 Å². The highest BCUT2D eigenvalue weighted by Gasteiger charge is 2.18. The summed E-state index contributed by atoms with van der Waals surface area (Å²) in [6, 6.07) is 9.52. The smallest absolute Gasteiger partial charge is 0.334 e. The second kappa shape index (κ2) is 9.39. The van der Waals surface area contributed by atoms with Gasteiger partial charge in [-0.1, -0.05) is 38.0 Å². The van der Waals surface area contributed by atoms with E-state index in [0.717, 1.165) is 18.6 Å². The predicted molar refractivity (Wildman–Crippen MR) is 73.2 cm³/mol. The fraction of sp³-hybridized carbons (Fsp3) is 0.533. The quantitative estimate of drug-likeness (QED) is 0.509. The van der Waals surface area contributed by atoms with Gasteiger partial charge in [-0.3, -0.25) is 0 Å². The molecule has 0 N–H and O–H groups in total. The highest BCUT2D eigenvalue weighted by molar-refractivity contribution is 5.74. The van der Waals surface area contributed by atoms with Crippen molar-refractivity contribution in [3.63, 3.8) is 0 Å². The molecule has 1 unspecified atom stereocenters. The maximum atomic E-state index is 11.5. The van der Waals surface area contributed by atoms with Crippen LogP contribution in [-0.4, -0.2) is 32.4 Å². The largest absolute Gasteiger partial charge is 0.491 e. The summed E-state index contributed by atoms with van der Waals surface area (Å²) in [4.78, 5) is 11.5. The molecule has 0 aliphatic rings. The molecule has 0 spiro atoms. The summed E-state index contributed by atoms with van der Waals surface area (Å²) in [5.74, 6) is 0.488. The Kier molecular flexibility index (Phi) is 7.66. The summed E-state index contributed by atoms with van der Waals surface area (Å²) in [7, 11) is 1.38. The van der Waals surface area contributed by atoms with Crippen LogP contribution in [0.25, 0.3) is 0 Å². The molecule has 0 bridgehead atoms. The molecule has 0 fully saturated rings. The summed E-state index contributed by atoms with van der Waals surface area (Å²) < 4.78 is 15.7. The third-order valence-electron chi connectivity index (χ3n) is 2.70. The molecular formula is C15H22O4. The summed E-state index contributed by atoms with van der Waals surface area (Å²) in [5.41, 5.74) is 0. The fourth-order valence-electron chi connectivity index (χ4n) is 1.66. The Bertz CT molecular complexity index is 350. The van der Waals surface area contributed by atoms with Gasteiger partial charge in [0.25, 0.3) is 0 Å². The van der Waals surface area contributed by atoms with Gasteiger partial charge in [-0.25, -0.2) is 4.79 Å². The Morgan fingerprint density at radius 3 is 2.58 bits per heavy atom. The Balaban J connectivity index is 2.25. The lowest BCUT2D eigenvalue weighted by atomic mass is 10.1. The lowest BCUT2D eigenvalue weighted by molar-refractivity contribution is -0.155. The van der Waals surface area contributed by atoms with E-state index in [1.165, 1.54) is 7.11 Å². The van der Waals surface area contributed by atoms with E-state index in [2.05, 4.69) is 6.92 Å². The van der Waals surface area contributed by atoms with Gasteiger partial charge in [-0.15, -0.1) is 0 Å². The molecule has 0 radical (unpaired) electrons. The van der Waals surface area contributed by atoms with Crippen molar-refractivity contribution in [3.05, 3.63) is 30.3 Å². The number of carbonyl (C=O) groups is 1. The van der Waals surface area contributed by atoms with E-state index >= 15 is 0 Å². The molecular weight excluding hydrogens is 244 g/mol. The van der Waals surface area contributed by atoms with Crippen LogP contribution in [0.15, 0.2) is 30.3 Å². The van der Waals surface area contributed by atoms with Crippen LogP contribution < -0.4 is 4.74 Å². The van der Waals surface area contributed by atoms with Crippen LogP contribution in [0.3, 0.4) is 0 Å². The number of carbonyl (C=O) groups excluding carboxylic acids is 1. The lowest BCUT2D eigenvalue weighted by Crippen LogP contribution is -2.27. The zero-order valence-electron chi connectivity index (χ0n) is 11.6. The van der Waals surface area contributed by atoms with Crippen LogP contribution in [-0.2, 0) is 14.3 Å². The molecule has 1 atom stereocenters. The SMILES string of the molecule is CCCCC(OCCOc1ccccc1)C(=O)OC. The summed E-state index contributed by atoms with van der Waals surface area (Å²) in [6.45, 7) is 2.87. The number of hydrogen-bond acceptors (Lipinski definition) is 4. The normalized spacial score (nSPS) is 11.9. The molecule has 0 saturated carbocycles. The van der Waals surface area contributed by atoms with E-state index in [-0.39, 0.29) is 5.97 Å². The van der Waals surface area contributed by atoms with Crippen molar-refractivity contribution < 1.29 is 19.0 Å². The topological polar surface area (TPSA) is 44.8 Å². The van der Waals surface area contributed by atoms with Crippen LogP contribution in [0.2, 0.25) is 0 Å². The monoisotopic (exact) mass is 266 g/mol. The lowest BCUT2D eigenvalue weighted by Gasteiger charge is -2.15. The molecule has 0 aliphatic carbocycles. The van der Waals surface area contributed by atoms with Crippen LogP contribution in [0.4, 0.5) is 0 Å². The number of para-hydroxylation sites is 1. The number of esters is 1. The van der Waals surface area contributed by atoms with Crippen molar-refractivity contribution >= 4 is 5.97 Å². The Morgan fingerprint density at radius 2 is 1.95 bits per heavy atom. The molecule has 4 nitrogen and oxygen atoms in total. The molecule has 106 valence electrons. The first-order chi connectivity index (χ1) is 9.27. The molecule has 19 heavy (non-hydrogen) atoms. The fourth-order valence-corrected chi connectivity index (χ4v) is 1.66. The van der Waals surface area contributed by atoms with Gasteiger partial charge in [0, 0.05) is 0 Å². The molecule has 0 aromatic heterocycles. The second-order valence-corrected chi connectivity index (χ2v) is 4.19. The van der Waals surface area contributed by atoms with Gasteiger partial charge in [0.2, 0.25) is 0 Å². The molecule has 1 aromatic rings. The van der Waals surface area contributed by atoms with Gasteiger partial charge in [0.05, 0.1) is 13.7 Å². The molecule has 0 aliphatic heterocycles. The average molecular weight is 266 g/mol. The first kappa shape index (κ1) is 15.5. The van der Waals surface area contributed by atoms with E-state index in [1.54, 1.807) is 0 Å².